The highest BCUT2D eigenvalue weighted by Gasteiger charge is 2.35. The van der Waals surface area contributed by atoms with Gasteiger partial charge in [-0.05, 0) is 29.8 Å². The lowest BCUT2D eigenvalue weighted by atomic mass is 10.1. The Balaban J connectivity index is 1.39. The third kappa shape index (κ3) is 4.06. The van der Waals surface area contributed by atoms with Gasteiger partial charge in [-0.1, -0.05) is 41.0 Å². The molecule has 1 aliphatic heterocycles. The Morgan fingerprint density at radius 3 is 2.57 bits per heavy atom. The predicted octanol–water partition coefficient (Wildman–Crippen LogP) is 1.37. The van der Waals surface area contributed by atoms with Crippen LogP contribution in [0.3, 0.4) is 0 Å². The monoisotopic (exact) mass is 399 g/mol. The Morgan fingerprint density at radius 1 is 1.18 bits per heavy atom. The van der Waals surface area contributed by atoms with Crippen molar-refractivity contribution in [2.24, 2.45) is 0 Å². The normalized spacial score (nSPS) is 18.9. The van der Waals surface area contributed by atoms with E-state index in [0.717, 1.165) is 23.2 Å². The number of nitrogens with two attached hydrogens (primary N) is 1. The molecule has 0 aliphatic carbocycles. The minimum atomic E-state index is -0.574. The van der Waals surface area contributed by atoms with Gasteiger partial charge in [-0.3, -0.25) is 4.79 Å². The van der Waals surface area contributed by atoms with Gasteiger partial charge < -0.3 is 20.3 Å². The summed E-state index contributed by atoms with van der Waals surface area (Å²) in [7, 11) is 0. The van der Waals surface area contributed by atoms with E-state index in [9.17, 15) is 9.90 Å². The van der Waals surface area contributed by atoms with Crippen LogP contribution in [-0.4, -0.2) is 39.8 Å². The van der Waals surface area contributed by atoms with E-state index < -0.39 is 12.1 Å². The lowest BCUT2D eigenvalue weighted by Crippen LogP contribution is -2.90. The van der Waals surface area contributed by atoms with E-state index in [0.29, 0.717) is 29.7 Å². The number of aliphatic hydroxyl groups is 1. The number of nitrogens with one attached hydrogen (secondary N) is 1. The number of nitrogens with zero attached hydrogens (tertiary/aromatic N) is 2. The van der Waals surface area contributed by atoms with E-state index in [1.54, 1.807) is 12.1 Å². The second kappa shape index (κ2) is 8.10. The number of aromatic nitrogens is 2. The zero-order chi connectivity index (χ0) is 19.5. The number of aliphatic hydroxyl groups excluding tert-OH is 1. The molecule has 1 amide bonds. The molecule has 1 aromatic heterocycles. The van der Waals surface area contributed by atoms with Gasteiger partial charge >= 0.3 is 0 Å². The van der Waals surface area contributed by atoms with Crippen molar-refractivity contribution in [2.75, 3.05) is 6.54 Å². The minimum Gasteiger partial charge on any atom is -0.386 e. The maximum absolute atomic E-state index is 12.1. The number of carbonyl (C=O) groups is 1. The molecule has 2 aromatic carbocycles. The van der Waals surface area contributed by atoms with E-state index in [-0.39, 0.29) is 5.91 Å². The molecule has 3 aromatic rings. The fourth-order valence-corrected chi connectivity index (χ4v) is 3.32. The lowest BCUT2D eigenvalue weighted by Gasteiger charge is -2.11. The van der Waals surface area contributed by atoms with Crippen molar-refractivity contribution in [1.82, 2.24) is 15.5 Å². The molecule has 4 N–H and O–H groups in total. The van der Waals surface area contributed by atoms with Crippen LogP contribution in [0.4, 0.5) is 0 Å². The Kier molecular flexibility index (Phi) is 5.38. The smallest absolute Gasteiger partial charge is 0.281 e. The van der Waals surface area contributed by atoms with Crippen LogP contribution < -0.4 is 10.6 Å². The first kappa shape index (κ1) is 18.6. The summed E-state index contributed by atoms with van der Waals surface area (Å²) in [6.07, 6.45) is 0.0747. The topological polar surface area (TPSA) is 105 Å². The number of hydrogen-bond donors (Lipinski definition) is 3. The molecule has 0 saturated carbocycles. The molecule has 0 spiro atoms. The average molecular weight is 400 g/mol. The van der Waals surface area contributed by atoms with E-state index in [1.807, 2.05) is 41.7 Å². The second-order valence-corrected chi connectivity index (χ2v) is 7.19. The summed E-state index contributed by atoms with van der Waals surface area (Å²) >= 11 is 5.90. The molecule has 144 valence electrons. The Labute approximate surface area is 166 Å². The maximum Gasteiger partial charge on any atom is 0.281 e. The summed E-state index contributed by atoms with van der Waals surface area (Å²) in [6, 6.07) is 14.4. The first-order chi connectivity index (χ1) is 13.6. The molecule has 0 radical (unpaired) electrons. The second-order valence-electron chi connectivity index (χ2n) is 6.75. The average Bonchev–Trinajstić information content (AvgIpc) is 3.36. The Bertz CT molecular complexity index is 956. The number of carbonyl (C=O) groups excluding carboxylic acids is 1. The van der Waals surface area contributed by atoms with Crippen LogP contribution >= 0.6 is 11.6 Å². The van der Waals surface area contributed by atoms with Crippen LogP contribution in [0.15, 0.2) is 53.1 Å². The summed E-state index contributed by atoms with van der Waals surface area (Å²) < 4.78 is 5.33. The largest absolute Gasteiger partial charge is 0.386 e. The predicted molar refractivity (Wildman–Crippen MR) is 103 cm³/mol. The summed E-state index contributed by atoms with van der Waals surface area (Å²) in [5, 5.41) is 19.2. The number of quaternary nitrogens is 1. The first-order valence-corrected chi connectivity index (χ1v) is 9.46. The molecule has 2 atom stereocenters. The standard InChI is InChI=1S/C20H19ClN4O3/c21-15-7-5-14(6-8-15)20-24-18(25-28-20)13-3-1-12(2-4-13)11-23-19(27)17-16(26)9-10-22-17/h1-8,16-17,22,26H,9-11H2,(H,23,27)/p+1. The molecule has 7 nitrogen and oxygen atoms in total. The molecule has 1 fully saturated rings. The third-order valence-electron chi connectivity index (χ3n) is 4.80. The van der Waals surface area contributed by atoms with Gasteiger partial charge in [-0.2, -0.15) is 4.98 Å². The van der Waals surface area contributed by atoms with Gasteiger partial charge in [0.1, 0.15) is 6.10 Å². The van der Waals surface area contributed by atoms with Gasteiger partial charge in [0.05, 0.1) is 6.54 Å². The van der Waals surface area contributed by atoms with Gasteiger partial charge in [0.25, 0.3) is 11.8 Å². The molecular formula is C20H20ClN4O3+. The molecule has 0 bridgehead atoms. The van der Waals surface area contributed by atoms with Crippen molar-refractivity contribution in [3.8, 4) is 22.8 Å². The van der Waals surface area contributed by atoms with Gasteiger partial charge in [-0.25, -0.2) is 0 Å². The molecule has 28 heavy (non-hydrogen) atoms. The Morgan fingerprint density at radius 2 is 1.89 bits per heavy atom. The van der Waals surface area contributed by atoms with Gasteiger partial charge in [0.15, 0.2) is 6.04 Å². The van der Waals surface area contributed by atoms with E-state index in [2.05, 4.69) is 15.5 Å². The fourth-order valence-electron chi connectivity index (χ4n) is 3.19. The number of rotatable bonds is 5. The summed E-state index contributed by atoms with van der Waals surface area (Å²) in [5.41, 5.74) is 2.57. The Hall–Kier alpha value is -2.74. The first-order valence-electron chi connectivity index (χ1n) is 9.08. The maximum atomic E-state index is 12.1. The lowest BCUT2D eigenvalue weighted by molar-refractivity contribution is -0.660. The molecule has 8 heteroatoms. The van der Waals surface area contributed by atoms with Crippen LogP contribution in [0.2, 0.25) is 5.02 Å². The zero-order valence-electron chi connectivity index (χ0n) is 15.0. The van der Waals surface area contributed by atoms with E-state index >= 15 is 0 Å². The van der Waals surface area contributed by atoms with Crippen LogP contribution in [0.1, 0.15) is 12.0 Å². The highest BCUT2D eigenvalue weighted by Crippen LogP contribution is 2.23. The highest BCUT2D eigenvalue weighted by atomic mass is 35.5. The number of hydrogen-bond acceptors (Lipinski definition) is 5. The fraction of sp³-hybridized carbons (Fsp3) is 0.250. The van der Waals surface area contributed by atoms with Crippen molar-refractivity contribution in [1.29, 1.82) is 0 Å². The van der Waals surface area contributed by atoms with Crippen molar-refractivity contribution in [2.45, 2.75) is 25.1 Å². The minimum absolute atomic E-state index is 0.139. The summed E-state index contributed by atoms with van der Waals surface area (Å²) in [4.78, 5) is 16.6. The van der Waals surface area contributed by atoms with E-state index in [4.69, 9.17) is 16.1 Å². The summed E-state index contributed by atoms with van der Waals surface area (Å²) in [6.45, 7) is 1.18. The molecule has 2 heterocycles. The molecular weight excluding hydrogens is 380 g/mol. The zero-order valence-corrected chi connectivity index (χ0v) is 15.8. The SMILES string of the molecule is O=C(NCc1ccc(-c2noc(-c3ccc(Cl)cc3)n2)cc1)C1[NH2+]CCC1O. The van der Waals surface area contributed by atoms with Gasteiger partial charge in [0.2, 0.25) is 5.82 Å². The van der Waals surface area contributed by atoms with Crippen molar-refractivity contribution < 1.29 is 19.7 Å². The highest BCUT2D eigenvalue weighted by molar-refractivity contribution is 6.30. The number of benzene rings is 2. The van der Waals surface area contributed by atoms with Crippen molar-refractivity contribution >= 4 is 17.5 Å². The van der Waals surface area contributed by atoms with Crippen LogP contribution in [0.25, 0.3) is 22.8 Å². The van der Waals surface area contributed by atoms with Crippen LogP contribution in [0.5, 0.6) is 0 Å². The molecule has 1 aliphatic rings. The van der Waals surface area contributed by atoms with Crippen LogP contribution in [-0.2, 0) is 11.3 Å². The van der Waals surface area contributed by atoms with Crippen molar-refractivity contribution in [3.05, 3.63) is 59.1 Å². The summed E-state index contributed by atoms with van der Waals surface area (Å²) in [5.74, 6) is 0.776. The molecule has 2 unspecified atom stereocenters. The molecule has 1 saturated heterocycles. The molecule has 4 rings (SSSR count). The van der Waals surface area contributed by atoms with Gasteiger partial charge in [-0.15, -0.1) is 0 Å². The van der Waals surface area contributed by atoms with E-state index in [1.165, 1.54) is 0 Å². The number of halogens is 1. The van der Waals surface area contributed by atoms with Crippen molar-refractivity contribution in [3.63, 3.8) is 0 Å². The number of amides is 1. The third-order valence-corrected chi connectivity index (χ3v) is 5.05. The quantitative estimate of drug-likeness (QED) is 0.601. The van der Waals surface area contributed by atoms with Crippen LogP contribution in [0, 0.1) is 0 Å². The van der Waals surface area contributed by atoms with Gasteiger partial charge in [0, 0.05) is 29.1 Å².